The van der Waals surface area contributed by atoms with Crippen molar-refractivity contribution >= 4 is 38.9 Å². The molecular weight excluding hydrogens is 400 g/mol. The molecule has 28 heavy (non-hydrogen) atoms. The molecule has 1 amide bonds. The predicted molar refractivity (Wildman–Crippen MR) is 110 cm³/mol. The second-order valence-corrected chi connectivity index (χ2v) is 7.92. The van der Waals surface area contributed by atoms with Crippen molar-refractivity contribution < 1.29 is 17.9 Å². The van der Waals surface area contributed by atoms with Gasteiger partial charge in [0.2, 0.25) is 0 Å². The first-order chi connectivity index (χ1) is 13.4. The number of nitrogens with one attached hydrogen (secondary N) is 2. The fourth-order valence-electron chi connectivity index (χ4n) is 2.51. The number of carbonyl (C=O) groups excluding carboxylic acids is 1. The number of ether oxygens (including phenoxy) is 1. The van der Waals surface area contributed by atoms with E-state index in [1.807, 2.05) is 0 Å². The molecule has 0 saturated heterocycles. The molecule has 0 heterocycles. The fourth-order valence-corrected chi connectivity index (χ4v) is 3.81. The van der Waals surface area contributed by atoms with E-state index in [-0.39, 0.29) is 4.90 Å². The van der Waals surface area contributed by atoms with Crippen molar-refractivity contribution in [2.45, 2.75) is 4.90 Å². The van der Waals surface area contributed by atoms with Crippen LogP contribution in [-0.4, -0.2) is 21.4 Å². The lowest BCUT2D eigenvalue weighted by molar-refractivity contribution is 0.102. The van der Waals surface area contributed by atoms with Crippen LogP contribution in [0, 0.1) is 0 Å². The van der Waals surface area contributed by atoms with Gasteiger partial charge in [0.1, 0.15) is 5.75 Å². The van der Waals surface area contributed by atoms with Gasteiger partial charge in [-0.3, -0.25) is 9.52 Å². The Hall–Kier alpha value is -3.03. The van der Waals surface area contributed by atoms with Gasteiger partial charge in [0.15, 0.2) is 0 Å². The fraction of sp³-hybridized carbons (Fsp3) is 0.0500. The Morgan fingerprint density at radius 3 is 2.46 bits per heavy atom. The number of hydrogen-bond acceptors (Lipinski definition) is 4. The number of amides is 1. The first-order valence-electron chi connectivity index (χ1n) is 8.22. The Kier molecular flexibility index (Phi) is 5.87. The number of halogens is 1. The molecule has 0 fully saturated rings. The molecule has 2 N–H and O–H groups in total. The number of carbonyl (C=O) groups is 1. The molecule has 8 heteroatoms. The maximum Gasteiger partial charge on any atom is 0.262 e. The van der Waals surface area contributed by atoms with Crippen molar-refractivity contribution in [1.82, 2.24) is 0 Å². The van der Waals surface area contributed by atoms with Crippen molar-refractivity contribution in [1.29, 1.82) is 0 Å². The lowest BCUT2D eigenvalue weighted by Gasteiger charge is -2.12. The minimum atomic E-state index is -3.88. The number of methoxy groups -OCH3 is 1. The highest BCUT2D eigenvalue weighted by molar-refractivity contribution is 7.92. The van der Waals surface area contributed by atoms with Crippen LogP contribution in [-0.2, 0) is 10.0 Å². The van der Waals surface area contributed by atoms with Crippen LogP contribution in [0.5, 0.6) is 5.75 Å². The molecule has 0 aliphatic rings. The van der Waals surface area contributed by atoms with Gasteiger partial charge in [0, 0.05) is 16.3 Å². The SMILES string of the molecule is COc1ccccc1NS(=O)(=O)c1cccc(NC(=O)c2cccc(Cl)c2)c1. The van der Waals surface area contributed by atoms with Crippen LogP contribution in [0.25, 0.3) is 0 Å². The lowest BCUT2D eigenvalue weighted by atomic mass is 10.2. The molecule has 144 valence electrons. The molecule has 6 nitrogen and oxygen atoms in total. The van der Waals surface area contributed by atoms with Gasteiger partial charge in [0.05, 0.1) is 17.7 Å². The van der Waals surface area contributed by atoms with Crippen molar-refractivity contribution in [3.63, 3.8) is 0 Å². The molecule has 0 aliphatic carbocycles. The molecule has 0 bridgehead atoms. The zero-order valence-corrected chi connectivity index (χ0v) is 16.4. The molecule has 0 spiro atoms. The Bertz CT molecular complexity index is 1120. The zero-order valence-electron chi connectivity index (χ0n) is 14.8. The van der Waals surface area contributed by atoms with Crippen LogP contribution in [0.3, 0.4) is 0 Å². The van der Waals surface area contributed by atoms with Gasteiger partial charge in [-0.2, -0.15) is 0 Å². The number of para-hydroxylation sites is 2. The highest BCUT2D eigenvalue weighted by atomic mass is 35.5. The number of benzene rings is 3. The Morgan fingerprint density at radius 1 is 0.964 bits per heavy atom. The third-order valence-corrected chi connectivity index (χ3v) is 5.44. The van der Waals surface area contributed by atoms with Crippen molar-refractivity contribution in [2.75, 3.05) is 17.1 Å². The molecule has 0 unspecified atom stereocenters. The van der Waals surface area contributed by atoms with E-state index in [4.69, 9.17) is 16.3 Å². The lowest BCUT2D eigenvalue weighted by Crippen LogP contribution is -2.15. The van der Waals surface area contributed by atoms with Gasteiger partial charge in [0.25, 0.3) is 15.9 Å². The van der Waals surface area contributed by atoms with E-state index in [1.165, 1.54) is 25.3 Å². The highest BCUT2D eigenvalue weighted by Gasteiger charge is 2.17. The van der Waals surface area contributed by atoms with E-state index in [0.717, 1.165) is 0 Å². The van der Waals surface area contributed by atoms with E-state index >= 15 is 0 Å². The number of rotatable bonds is 6. The first-order valence-corrected chi connectivity index (χ1v) is 10.1. The summed E-state index contributed by atoms with van der Waals surface area (Å²) in [6.07, 6.45) is 0. The van der Waals surface area contributed by atoms with E-state index in [1.54, 1.807) is 54.6 Å². The normalized spacial score (nSPS) is 10.9. The molecule has 0 saturated carbocycles. The van der Waals surface area contributed by atoms with E-state index in [0.29, 0.717) is 27.7 Å². The minimum absolute atomic E-state index is 0.00213. The standard InChI is InChI=1S/C20H17ClN2O4S/c1-27-19-11-3-2-10-18(19)23-28(25,26)17-9-5-8-16(13-17)22-20(24)14-6-4-7-15(21)12-14/h2-13,23H,1H3,(H,22,24). The smallest absolute Gasteiger partial charge is 0.262 e. The van der Waals surface area contributed by atoms with Crippen LogP contribution in [0.2, 0.25) is 5.02 Å². The van der Waals surface area contributed by atoms with Gasteiger partial charge in [-0.25, -0.2) is 8.42 Å². The average molecular weight is 417 g/mol. The molecule has 0 atom stereocenters. The molecule has 0 radical (unpaired) electrons. The summed E-state index contributed by atoms with van der Waals surface area (Å²) in [6, 6.07) is 19.1. The van der Waals surface area contributed by atoms with Crippen LogP contribution in [0.15, 0.2) is 77.7 Å². The molecule has 0 aliphatic heterocycles. The van der Waals surface area contributed by atoms with E-state index in [9.17, 15) is 13.2 Å². The summed E-state index contributed by atoms with van der Waals surface area (Å²) in [4.78, 5) is 12.4. The molecular formula is C20H17ClN2O4S. The zero-order chi connectivity index (χ0) is 20.1. The number of anilines is 2. The molecule has 3 aromatic rings. The van der Waals surface area contributed by atoms with E-state index in [2.05, 4.69) is 10.0 Å². The summed E-state index contributed by atoms with van der Waals surface area (Å²) in [5.74, 6) is 0.00576. The van der Waals surface area contributed by atoms with E-state index < -0.39 is 15.9 Å². The highest BCUT2D eigenvalue weighted by Crippen LogP contribution is 2.27. The number of sulfonamides is 1. The summed E-state index contributed by atoms with van der Waals surface area (Å²) in [5, 5.41) is 3.11. The largest absolute Gasteiger partial charge is 0.495 e. The van der Waals surface area contributed by atoms with Gasteiger partial charge in [-0.05, 0) is 48.5 Å². The molecule has 3 rings (SSSR count). The summed E-state index contributed by atoms with van der Waals surface area (Å²) < 4.78 is 33.1. The first kappa shape index (κ1) is 19.7. The van der Waals surface area contributed by atoms with Crippen LogP contribution in [0.1, 0.15) is 10.4 Å². The third-order valence-electron chi connectivity index (χ3n) is 3.84. The topological polar surface area (TPSA) is 84.5 Å². The van der Waals surface area contributed by atoms with Crippen LogP contribution in [0.4, 0.5) is 11.4 Å². The minimum Gasteiger partial charge on any atom is -0.495 e. The van der Waals surface area contributed by atoms with Gasteiger partial charge >= 0.3 is 0 Å². The second-order valence-electron chi connectivity index (χ2n) is 5.80. The summed E-state index contributed by atoms with van der Waals surface area (Å²) >= 11 is 5.90. The van der Waals surface area contributed by atoms with Gasteiger partial charge in [-0.1, -0.05) is 35.9 Å². The maximum absolute atomic E-state index is 12.7. The Morgan fingerprint density at radius 2 is 1.71 bits per heavy atom. The monoisotopic (exact) mass is 416 g/mol. The van der Waals surface area contributed by atoms with Gasteiger partial charge < -0.3 is 10.1 Å². The molecule has 3 aromatic carbocycles. The summed E-state index contributed by atoms with van der Waals surface area (Å²) in [5.41, 5.74) is 1.03. The maximum atomic E-state index is 12.7. The second kappa shape index (κ2) is 8.33. The quantitative estimate of drug-likeness (QED) is 0.623. The van der Waals surface area contributed by atoms with Crippen molar-refractivity contribution in [3.8, 4) is 5.75 Å². The van der Waals surface area contributed by atoms with Gasteiger partial charge in [-0.15, -0.1) is 0 Å². The third kappa shape index (κ3) is 4.62. The van der Waals surface area contributed by atoms with Crippen molar-refractivity contribution in [3.05, 3.63) is 83.4 Å². The summed E-state index contributed by atoms with van der Waals surface area (Å²) in [6.45, 7) is 0. The van der Waals surface area contributed by atoms with Crippen molar-refractivity contribution in [2.24, 2.45) is 0 Å². The Balaban J connectivity index is 1.83. The summed E-state index contributed by atoms with van der Waals surface area (Å²) in [7, 11) is -2.42. The average Bonchev–Trinajstić information content (AvgIpc) is 2.68. The van der Waals surface area contributed by atoms with Crippen LogP contribution < -0.4 is 14.8 Å². The van der Waals surface area contributed by atoms with Crippen LogP contribution >= 0.6 is 11.6 Å². The molecule has 0 aromatic heterocycles. The number of hydrogen-bond donors (Lipinski definition) is 2. The predicted octanol–water partition coefficient (Wildman–Crippen LogP) is 4.40. The Labute approximate surface area is 168 Å².